The maximum absolute atomic E-state index is 13.2. The van der Waals surface area contributed by atoms with Gasteiger partial charge < -0.3 is 5.73 Å². The normalized spacial score (nSPS) is 13.5. The molecule has 24 heavy (non-hydrogen) atoms. The summed E-state index contributed by atoms with van der Waals surface area (Å²) in [4.78, 5) is 12.7. The fraction of sp³-hybridized carbons (Fsp3) is 0.500. The van der Waals surface area contributed by atoms with Crippen molar-refractivity contribution in [2.24, 2.45) is 18.7 Å². The molecule has 1 amide bonds. The molecule has 2 N–H and O–H groups in total. The van der Waals surface area contributed by atoms with Crippen molar-refractivity contribution < 1.29 is 18.0 Å². The first-order chi connectivity index (χ1) is 11.0. The van der Waals surface area contributed by atoms with Crippen molar-refractivity contribution in [3.8, 4) is 11.3 Å². The highest BCUT2D eigenvalue weighted by Gasteiger charge is 2.41. The van der Waals surface area contributed by atoms with Gasteiger partial charge in [-0.2, -0.15) is 18.3 Å². The maximum atomic E-state index is 13.2. The molecule has 0 fully saturated rings. The van der Waals surface area contributed by atoms with Gasteiger partial charge in [-0.05, 0) is 29.7 Å². The molecular formula is C16H20F3N3OS. The number of amides is 1. The van der Waals surface area contributed by atoms with Crippen LogP contribution in [0.15, 0.2) is 11.4 Å². The van der Waals surface area contributed by atoms with Gasteiger partial charge in [0.25, 0.3) is 5.91 Å². The standard InChI is InChI=1S/C16H20F3N3OS/c1-8(2)7-9(3)13-10(5-6-24-13)12-11(15(20)23)14(16(17,18)19)21-22(12)4/h5-6,8-9H,7H2,1-4H3,(H2,20,23). The van der Waals surface area contributed by atoms with E-state index in [4.69, 9.17) is 5.73 Å². The third-order valence-electron chi connectivity index (χ3n) is 3.78. The molecule has 0 aliphatic heterocycles. The van der Waals surface area contributed by atoms with E-state index in [1.165, 1.54) is 18.4 Å². The number of carbonyl (C=O) groups is 1. The van der Waals surface area contributed by atoms with Crippen LogP contribution < -0.4 is 5.73 Å². The van der Waals surface area contributed by atoms with E-state index >= 15 is 0 Å². The number of primary amides is 1. The predicted octanol–water partition coefficient (Wildman–Crippen LogP) is 4.42. The molecule has 0 spiro atoms. The largest absolute Gasteiger partial charge is 0.435 e. The summed E-state index contributed by atoms with van der Waals surface area (Å²) in [5.74, 6) is -0.521. The Morgan fingerprint density at radius 1 is 1.38 bits per heavy atom. The van der Waals surface area contributed by atoms with Crippen molar-refractivity contribution >= 4 is 17.2 Å². The van der Waals surface area contributed by atoms with Gasteiger partial charge in [0.05, 0.1) is 11.3 Å². The molecule has 132 valence electrons. The highest BCUT2D eigenvalue weighted by molar-refractivity contribution is 7.10. The Morgan fingerprint density at radius 2 is 2.00 bits per heavy atom. The summed E-state index contributed by atoms with van der Waals surface area (Å²) in [5, 5.41) is 5.33. The summed E-state index contributed by atoms with van der Waals surface area (Å²) in [6.07, 6.45) is -3.84. The number of nitrogens with two attached hydrogens (primary N) is 1. The Labute approximate surface area is 142 Å². The van der Waals surface area contributed by atoms with E-state index in [2.05, 4.69) is 18.9 Å². The number of aromatic nitrogens is 2. The fourth-order valence-corrected chi connectivity index (χ4v) is 3.95. The highest BCUT2D eigenvalue weighted by Crippen LogP contribution is 2.41. The number of hydrogen-bond acceptors (Lipinski definition) is 3. The van der Waals surface area contributed by atoms with Crippen LogP contribution in [-0.4, -0.2) is 15.7 Å². The lowest BCUT2D eigenvalue weighted by atomic mass is 9.93. The quantitative estimate of drug-likeness (QED) is 0.859. The average molecular weight is 359 g/mol. The molecule has 2 aromatic heterocycles. The highest BCUT2D eigenvalue weighted by atomic mass is 32.1. The Bertz CT molecular complexity index is 746. The van der Waals surface area contributed by atoms with E-state index in [0.717, 1.165) is 16.0 Å². The second-order valence-electron chi connectivity index (χ2n) is 6.29. The van der Waals surface area contributed by atoms with Crippen molar-refractivity contribution in [1.29, 1.82) is 0 Å². The minimum absolute atomic E-state index is 0.127. The topological polar surface area (TPSA) is 60.9 Å². The molecule has 2 rings (SSSR count). The molecule has 0 aromatic carbocycles. The summed E-state index contributed by atoms with van der Waals surface area (Å²) < 4.78 is 40.7. The summed E-state index contributed by atoms with van der Waals surface area (Å²) in [7, 11) is 1.39. The van der Waals surface area contributed by atoms with Gasteiger partial charge in [0, 0.05) is 17.5 Å². The summed E-state index contributed by atoms with van der Waals surface area (Å²) >= 11 is 1.47. The molecule has 0 radical (unpaired) electrons. The van der Waals surface area contributed by atoms with E-state index in [9.17, 15) is 18.0 Å². The average Bonchev–Trinajstić information content (AvgIpc) is 3.00. The Hall–Kier alpha value is -1.83. The third kappa shape index (κ3) is 3.48. The van der Waals surface area contributed by atoms with Crippen LogP contribution in [0.3, 0.4) is 0 Å². The van der Waals surface area contributed by atoms with Crippen LogP contribution in [0.4, 0.5) is 13.2 Å². The zero-order chi connectivity index (χ0) is 18.2. The lowest BCUT2D eigenvalue weighted by Crippen LogP contribution is -2.18. The number of carbonyl (C=O) groups excluding carboxylic acids is 1. The zero-order valence-electron chi connectivity index (χ0n) is 13.9. The van der Waals surface area contributed by atoms with Crippen LogP contribution in [0.5, 0.6) is 0 Å². The van der Waals surface area contributed by atoms with E-state index in [0.29, 0.717) is 11.5 Å². The second kappa shape index (κ2) is 6.58. The minimum atomic E-state index is -4.74. The lowest BCUT2D eigenvalue weighted by Gasteiger charge is -2.15. The lowest BCUT2D eigenvalue weighted by molar-refractivity contribution is -0.141. The van der Waals surface area contributed by atoms with Crippen molar-refractivity contribution in [2.45, 2.75) is 39.3 Å². The Balaban J connectivity index is 2.65. The molecule has 1 unspecified atom stereocenters. The summed E-state index contributed by atoms with van der Waals surface area (Å²) in [6, 6.07) is 1.72. The number of nitrogens with zero attached hydrogens (tertiary/aromatic N) is 2. The van der Waals surface area contributed by atoms with Crippen molar-refractivity contribution in [2.75, 3.05) is 0 Å². The molecule has 0 aliphatic rings. The molecule has 2 aromatic rings. The molecule has 0 saturated heterocycles. The van der Waals surface area contributed by atoms with Crippen LogP contribution in [-0.2, 0) is 13.2 Å². The SMILES string of the molecule is CC(C)CC(C)c1sccc1-c1c(C(N)=O)c(C(F)(F)F)nn1C. The maximum Gasteiger partial charge on any atom is 0.435 e. The number of hydrogen-bond donors (Lipinski definition) is 1. The monoisotopic (exact) mass is 359 g/mol. The molecule has 1 atom stereocenters. The van der Waals surface area contributed by atoms with Gasteiger partial charge in [0.1, 0.15) is 0 Å². The van der Waals surface area contributed by atoms with Gasteiger partial charge in [-0.3, -0.25) is 9.48 Å². The molecule has 0 bridgehead atoms. The van der Waals surface area contributed by atoms with Gasteiger partial charge in [0.15, 0.2) is 5.69 Å². The van der Waals surface area contributed by atoms with E-state index in [1.54, 1.807) is 6.07 Å². The first-order valence-corrected chi connectivity index (χ1v) is 8.43. The van der Waals surface area contributed by atoms with E-state index in [1.807, 2.05) is 12.3 Å². The first kappa shape index (κ1) is 18.5. The van der Waals surface area contributed by atoms with Crippen LogP contribution in [0.1, 0.15) is 54.0 Å². The van der Waals surface area contributed by atoms with Crippen molar-refractivity contribution in [3.63, 3.8) is 0 Å². The molecular weight excluding hydrogens is 339 g/mol. The van der Waals surface area contributed by atoms with Crippen molar-refractivity contribution in [3.05, 3.63) is 27.6 Å². The zero-order valence-corrected chi connectivity index (χ0v) is 14.8. The molecule has 4 nitrogen and oxygen atoms in total. The smallest absolute Gasteiger partial charge is 0.365 e. The van der Waals surface area contributed by atoms with Crippen LogP contribution in [0, 0.1) is 5.92 Å². The van der Waals surface area contributed by atoms with Gasteiger partial charge >= 0.3 is 6.18 Å². The van der Waals surface area contributed by atoms with E-state index in [-0.39, 0.29) is 11.6 Å². The fourth-order valence-electron chi connectivity index (χ4n) is 2.98. The van der Waals surface area contributed by atoms with E-state index < -0.39 is 23.3 Å². The van der Waals surface area contributed by atoms with Gasteiger partial charge in [0.2, 0.25) is 0 Å². The van der Waals surface area contributed by atoms with Crippen LogP contribution >= 0.6 is 11.3 Å². The number of halogens is 3. The van der Waals surface area contributed by atoms with Gasteiger partial charge in [-0.25, -0.2) is 0 Å². The number of thiophene rings is 1. The number of rotatable bonds is 5. The molecule has 2 heterocycles. The summed E-state index contributed by atoms with van der Waals surface area (Å²) in [5.41, 5.74) is 4.16. The predicted molar refractivity (Wildman–Crippen MR) is 87.9 cm³/mol. The Morgan fingerprint density at radius 3 is 2.50 bits per heavy atom. The van der Waals surface area contributed by atoms with Crippen LogP contribution in [0.2, 0.25) is 0 Å². The summed E-state index contributed by atoms with van der Waals surface area (Å²) in [6.45, 7) is 6.20. The molecule has 0 saturated carbocycles. The Kier molecular flexibility index (Phi) is 5.08. The van der Waals surface area contributed by atoms with Gasteiger partial charge in [-0.15, -0.1) is 11.3 Å². The molecule has 0 aliphatic carbocycles. The van der Waals surface area contributed by atoms with Crippen LogP contribution in [0.25, 0.3) is 11.3 Å². The van der Waals surface area contributed by atoms with Crippen molar-refractivity contribution in [1.82, 2.24) is 9.78 Å². The number of aryl methyl sites for hydroxylation is 1. The molecule has 8 heteroatoms. The minimum Gasteiger partial charge on any atom is -0.365 e. The number of alkyl halides is 3. The first-order valence-electron chi connectivity index (χ1n) is 7.55. The second-order valence-corrected chi connectivity index (χ2v) is 7.23. The third-order valence-corrected chi connectivity index (χ3v) is 4.93. The van der Waals surface area contributed by atoms with Gasteiger partial charge in [-0.1, -0.05) is 20.8 Å².